The second kappa shape index (κ2) is 9.35. The Morgan fingerprint density at radius 2 is 1.74 bits per heavy atom. The Morgan fingerprint density at radius 3 is 2.47 bits per heavy atom. The number of carbonyl (C=O) groups excluding carboxylic acids is 2. The van der Waals surface area contributed by atoms with E-state index in [0.717, 1.165) is 29.8 Å². The van der Waals surface area contributed by atoms with Gasteiger partial charge in [0.05, 0.1) is 29.3 Å². The van der Waals surface area contributed by atoms with Crippen LogP contribution < -0.4 is 5.32 Å². The normalized spacial score (nSPS) is 14.2. The second-order valence-corrected chi connectivity index (χ2v) is 8.49. The molecule has 1 fully saturated rings. The fraction of sp³-hybridized carbons (Fsp3) is 0.231. The van der Waals surface area contributed by atoms with Crippen LogP contribution >= 0.6 is 0 Å². The zero-order chi connectivity index (χ0) is 23.5. The predicted molar refractivity (Wildman–Crippen MR) is 129 cm³/mol. The van der Waals surface area contributed by atoms with Gasteiger partial charge in [0.1, 0.15) is 0 Å². The molecule has 3 heterocycles. The highest BCUT2D eigenvalue weighted by Crippen LogP contribution is 2.23. The third kappa shape index (κ3) is 4.47. The lowest BCUT2D eigenvalue weighted by Crippen LogP contribution is -2.46. The molecule has 0 spiro atoms. The van der Waals surface area contributed by atoms with Crippen molar-refractivity contribution < 1.29 is 9.59 Å². The minimum Gasteiger partial charge on any atom is -0.349 e. The van der Waals surface area contributed by atoms with Crippen LogP contribution in [0.3, 0.4) is 0 Å². The molecule has 0 radical (unpaired) electrons. The number of carbonyl (C=O) groups is 2. The van der Waals surface area contributed by atoms with Crippen molar-refractivity contribution in [3.63, 3.8) is 0 Å². The summed E-state index contributed by atoms with van der Waals surface area (Å²) in [6.07, 6.45) is 6.46. The van der Waals surface area contributed by atoms with Crippen LogP contribution in [0.15, 0.2) is 79.3 Å². The van der Waals surface area contributed by atoms with Crippen molar-refractivity contribution in [2.75, 3.05) is 13.1 Å². The average Bonchev–Trinajstić information content (AvgIpc) is 3.54. The highest BCUT2D eigenvalue weighted by molar-refractivity contribution is 5.95. The number of piperidine rings is 1. The van der Waals surface area contributed by atoms with Gasteiger partial charge < -0.3 is 10.2 Å². The van der Waals surface area contributed by atoms with Gasteiger partial charge in [-0.15, -0.1) is 0 Å². The number of rotatable bonds is 5. The molecule has 0 bridgehead atoms. The van der Waals surface area contributed by atoms with Gasteiger partial charge in [0.15, 0.2) is 0 Å². The molecule has 2 aromatic carbocycles. The van der Waals surface area contributed by atoms with E-state index in [9.17, 15) is 9.59 Å². The monoisotopic (exact) mass is 454 g/mol. The molecule has 2 amide bonds. The summed E-state index contributed by atoms with van der Waals surface area (Å²) in [5.74, 6) is -0.133. The average molecular weight is 455 g/mol. The maximum Gasteiger partial charge on any atom is 0.254 e. The third-order valence-electron chi connectivity index (χ3n) is 6.13. The van der Waals surface area contributed by atoms with Gasteiger partial charge in [0.25, 0.3) is 11.8 Å². The van der Waals surface area contributed by atoms with Crippen molar-refractivity contribution in [2.45, 2.75) is 18.9 Å². The smallest absolute Gasteiger partial charge is 0.254 e. The topological polar surface area (TPSA) is 85.0 Å². The Balaban J connectivity index is 1.25. The minimum atomic E-state index is -0.126. The van der Waals surface area contributed by atoms with Crippen LogP contribution in [0.4, 0.5) is 0 Å². The Labute approximate surface area is 197 Å². The van der Waals surface area contributed by atoms with Crippen LogP contribution in [0, 0.1) is 0 Å². The van der Waals surface area contributed by atoms with E-state index in [0.29, 0.717) is 24.2 Å². The molecule has 8 nitrogen and oxygen atoms in total. The summed E-state index contributed by atoms with van der Waals surface area (Å²) in [7, 11) is 1.78. The van der Waals surface area contributed by atoms with Crippen molar-refractivity contribution >= 4 is 11.8 Å². The molecule has 1 N–H and O–H groups in total. The fourth-order valence-electron chi connectivity index (χ4n) is 4.32. The van der Waals surface area contributed by atoms with Crippen molar-refractivity contribution in [3.05, 3.63) is 90.4 Å². The lowest BCUT2D eigenvalue weighted by atomic mass is 10.0. The molecule has 34 heavy (non-hydrogen) atoms. The van der Waals surface area contributed by atoms with Crippen molar-refractivity contribution in [1.82, 2.24) is 29.8 Å². The van der Waals surface area contributed by atoms with E-state index < -0.39 is 0 Å². The molecule has 1 saturated heterocycles. The number of nitrogens with one attached hydrogen (secondary N) is 1. The number of likely N-dealkylation sites (tertiary alicyclic amines) is 1. The summed E-state index contributed by atoms with van der Waals surface area (Å²) >= 11 is 0. The summed E-state index contributed by atoms with van der Waals surface area (Å²) in [6.45, 7) is 1.19. The van der Waals surface area contributed by atoms with E-state index in [2.05, 4.69) is 15.5 Å². The van der Waals surface area contributed by atoms with Crippen LogP contribution in [0.1, 0.15) is 33.6 Å². The second-order valence-electron chi connectivity index (χ2n) is 8.49. The number of hydrogen-bond acceptors (Lipinski definition) is 4. The van der Waals surface area contributed by atoms with Gasteiger partial charge in [-0.25, -0.2) is 4.68 Å². The Hall–Kier alpha value is -4.20. The molecule has 0 atom stereocenters. The maximum absolute atomic E-state index is 13.2. The Kier molecular flexibility index (Phi) is 5.95. The molecule has 0 unspecified atom stereocenters. The Morgan fingerprint density at radius 1 is 0.941 bits per heavy atom. The summed E-state index contributed by atoms with van der Waals surface area (Å²) in [5, 5.41) is 11.6. The maximum atomic E-state index is 13.2. The fourth-order valence-corrected chi connectivity index (χ4v) is 4.32. The quantitative estimate of drug-likeness (QED) is 0.501. The first-order valence-corrected chi connectivity index (χ1v) is 11.4. The molecular weight excluding hydrogens is 428 g/mol. The van der Waals surface area contributed by atoms with Gasteiger partial charge in [0.2, 0.25) is 0 Å². The van der Waals surface area contributed by atoms with E-state index in [4.69, 9.17) is 0 Å². The molecule has 4 aromatic rings. The molecule has 1 aliphatic rings. The van der Waals surface area contributed by atoms with Gasteiger partial charge in [0, 0.05) is 43.5 Å². The first-order valence-electron chi connectivity index (χ1n) is 11.4. The van der Waals surface area contributed by atoms with E-state index in [-0.39, 0.29) is 17.9 Å². The highest BCUT2D eigenvalue weighted by Gasteiger charge is 2.25. The van der Waals surface area contributed by atoms with Crippen molar-refractivity contribution in [2.24, 2.45) is 7.05 Å². The van der Waals surface area contributed by atoms with Gasteiger partial charge in [-0.2, -0.15) is 10.2 Å². The highest BCUT2D eigenvalue weighted by atomic mass is 16.2. The van der Waals surface area contributed by atoms with Crippen LogP contribution in [-0.4, -0.2) is 55.4 Å². The summed E-state index contributed by atoms with van der Waals surface area (Å²) in [4.78, 5) is 27.5. The zero-order valence-electron chi connectivity index (χ0n) is 19.0. The number of aromatic nitrogens is 4. The van der Waals surface area contributed by atoms with Crippen molar-refractivity contribution in [3.8, 4) is 16.9 Å². The minimum absolute atomic E-state index is 0.00713. The van der Waals surface area contributed by atoms with Gasteiger partial charge in [-0.05, 0) is 37.1 Å². The Bertz CT molecular complexity index is 1300. The van der Waals surface area contributed by atoms with Gasteiger partial charge >= 0.3 is 0 Å². The third-order valence-corrected chi connectivity index (χ3v) is 6.13. The lowest BCUT2D eigenvalue weighted by Gasteiger charge is -2.32. The van der Waals surface area contributed by atoms with Crippen molar-refractivity contribution in [1.29, 1.82) is 0 Å². The molecular formula is C26H26N6O2. The van der Waals surface area contributed by atoms with E-state index in [1.54, 1.807) is 30.3 Å². The van der Waals surface area contributed by atoms with Crippen LogP contribution in [-0.2, 0) is 7.05 Å². The molecule has 0 aliphatic carbocycles. The van der Waals surface area contributed by atoms with Crippen LogP contribution in [0.5, 0.6) is 0 Å². The van der Waals surface area contributed by atoms with Crippen LogP contribution in [0.25, 0.3) is 16.9 Å². The zero-order valence-corrected chi connectivity index (χ0v) is 19.0. The molecule has 172 valence electrons. The first-order chi connectivity index (χ1) is 16.6. The van der Waals surface area contributed by atoms with Gasteiger partial charge in [-0.1, -0.05) is 36.4 Å². The van der Waals surface area contributed by atoms with E-state index >= 15 is 0 Å². The summed E-state index contributed by atoms with van der Waals surface area (Å²) < 4.78 is 3.46. The lowest BCUT2D eigenvalue weighted by molar-refractivity contribution is 0.0698. The van der Waals surface area contributed by atoms with E-state index in [1.165, 1.54) is 0 Å². The SMILES string of the molecule is Cn1cc(C(=O)NC2CCN(C(=O)c3cccc(-n4nccc4-c4ccccc4)c3)CC2)cn1. The molecule has 2 aromatic heterocycles. The standard InChI is InChI=1S/C26H26N6O2/c1-30-18-21(17-28-30)25(33)29-22-11-14-31(15-12-22)26(34)20-8-5-9-23(16-20)32-24(10-13-27-32)19-6-3-2-4-7-19/h2-10,13,16-18,22H,11-12,14-15H2,1H3,(H,29,33). The molecule has 1 aliphatic heterocycles. The molecule has 0 saturated carbocycles. The number of nitrogens with zero attached hydrogens (tertiary/aromatic N) is 5. The number of benzene rings is 2. The first kappa shape index (κ1) is 21.6. The summed E-state index contributed by atoms with van der Waals surface area (Å²) in [6, 6.07) is 19.6. The van der Waals surface area contributed by atoms with Crippen LogP contribution in [0.2, 0.25) is 0 Å². The molecule has 8 heteroatoms. The summed E-state index contributed by atoms with van der Waals surface area (Å²) in [5.41, 5.74) is 4.05. The number of amides is 2. The largest absolute Gasteiger partial charge is 0.349 e. The van der Waals surface area contributed by atoms with Gasteiger partial charge in [-0.3, -0.25) is 14.3 Å². The van der Waals surface area contributed by atoms with E-state index in [1.807, 2.05) is 70.2 Å². The number of hydrogen-bond donors (Lipinski definition) is 1. The predicted octanol–water partition coefficient (Wildman–Crippen LogP) is 3.31. The number of aryl methyl sites for hydroxylation is 1. The molecule has 5 rings (SSSR count).